The molecule has 0 aromatic heterocycles. The van der Waals surface area contributed by atoms with Crippen LogP contribution in [0.25, 0.3) is 0 Å². The van der Waals surface area contributed by atoms with Crippen LogP contribution in [0.4, 0.5) is 5.69 Å². The van der Waals surface area contributed by atoms with E-state index >= 15 is 0 Å². The number of thioether (sulfide) groups is 1. The van der Waals surface area contributed by atoms with Crippen molar-refractivity contribution in [1.29, 1.82) is 0 Å². The summed E-state index contributed by atoms with van der Waals surface area (Å²) in [4.78, 5) is 25.1. The van der Waals surface area contributed by atoms with Crippen molar-refractivity contribution < 1.29 is 14.8 Å². The van der Waals surface area contributed by atoms with E-state index < -0.39 is 4.92 Å². The van der Waals surface area contributed by atoms with E-state index in [4.69, 9.17) is 0 Å². The van der Waals surface area contributed by atoms with Crippen LogP contribution < -0.4 is 0 Å². The standard InChI is InChI=1S/C14H18N2O4S/c1-10(14(18)15-8-6-12(17)7-9-15)21-13-4-2-11(3-5-13)16(19)20/h2-5,10,12,17H,6-9H2,1H3. The molecule has 114 valence electrons. The molecular weight excluding hydrogens is 292 g/mol. The van der Waals surface area contributed by atoms with Crippen LogP contribution in [0.3, 0.4) is 0 Å². The van der Waals surface area contributed by atoms with Crippen molar-refractivity contribution in [2.75, 3.05) is 13.1 Å². The number of piperidine rings is 1. The van der Waals surface area contributed by atoms with Crippen molar-refractivity contribution in [3.63, 3.8) is 0 Å². The molecule has 1 aliphatic heterocycles. The fourth-order valence-corrected chi connectivity index (χ4v) is 3.20. The highest BCUT2D eigenvalue weighted by Gasteiger charge is 2.25. The highest BCUT2D eigenvalue weighted by molar-refractivity contribution is 8.00. The molecule has 1 unspecified atom stereocenters. The minimum Gasteiger partial charge on any atom is -0.393 e. The summed E-state index contributed by atoms with van der Waals surface area (Å²) in [5.74, 6) is 0.0465. The number of rotatable bonds is 4. The Morgan fingerprint density at radius 3 is 2.48 bits per heavy atom. The first-order valence-corrected chi connectivity index (χ1v) is 7.73. The third-order valence-corrected chi connectivity index (χ3v) is 4.58. The summed E-state index contributed by atoms with van der Waals surface area (Å²) >= 11 is 1.39. The summed E-state index contributed by atoms with van der Waals surface area (Å²) in [6, 6.07) is 6.20. The molecule has 1 heterocycles. The number of hydrogen-bond acceptors (Lipinski definition) is 5. The second-order valence-corrected chi connectivity index (χ2v) is 6.48. The van der Waals surface area contributed by atoms with Crippen LogP contribution in [-0.2, 0) is 4.79 Å². The van der Waals surface area contributed by atoms with E-state index in [1.54, 1.807) is 17.0 Å². The lowest BCUT2D eigenvalue weighted by Gasteiger charge is -2.31. The van der Waals surface area contributed by atoms with Crippen molar-refractivity contribution in [1.82, 2.24) is 4.90 Å². The van der Waals surface area contributed by atoms with Gasteiger partial charge in [0.25, 0.3) is 5.69 Å². The number of nitrogens with zero attached hydrogens (tertiary/aromatic N) is 2. The number of hydrogen-bond donors (Lipinski definition) is 1. The number of likely N-dealkylation sites (tertiary alicyclic amines) is 1. The highest BCUT2D eigenvalue weighted by atomic mass is 32.2. The fraction of sp³-hybridized carbons (Fsp3) is 0.500. The molecule has 1 N–H and O–H groups in total. The Bertz CT molecular complexity index is 512. The SMILES string of the molecule is CC(Sc1ccc([N+](=O)[O-])cc1)C(=O)N1CCC(O)CC1. The van der Waals surface area contributed by atoms with Gasteiger partial charge in [-0.25, -0.2) is 0 Å². The number of carbonyl (C=O) groups is 1. The molecule has 0 aliphatic carbocycles. The molecule has 2 rings (SSSR count). The van der Waals surface area contributed by atoms with Crippen molar-refractivity contribution in [3.8, 4) is 0 Å². The van der Waals surface area contributed by atoms with Gasteiger partial charge in [0.2, 0.25) is 5.91 Å². The van der Waals surface area contributed by atoms with Crippen LogP contribution in [-0.4, -0.2) is 45.3 Å². The van der Waals surface area contributed by atoms with Crippen LogP contribution >= 0.6 is 11.8 Å². The first-order valence-electron chi connectivity index (χ1n) is 6.85. The molecule has 1 fully saturated rings. The van der Waals surface area contributed by atoms with Gasteiger partial charge >= 0.3 is 0 Å². The van der Waals surface area contributed by atoms with Gasteiger partial charge in [-0.1, -0.05) is 0 Å². The Morgan fingerprint density at radius 1 is 1.38 bits per heavy atom. The number of carbonyl (C=O) groups excluding carboxylic acids is 1. The monoisotopic (exact) mass is 310 g/mol. The van der Waals surface area contributed by atoms with Gasteiger partial charge in [-0.2, -0.15) is 0 Å². The van der Waals surface area contributed by atoms with Crippen LogP contribution in [0.5, 0.6) is 0 Å². The minimum atomic E-state index is -0.442. The molecule has 21 heavy (non-hydrogen) atoms. The maximum absolute atomic E-state index is 12.3. The van der Waals surface area contributed by atoms with Crippen molar-refractivity contribution in [2.24, 2.45) is 0 Å². The van der Waals surface area contributed by atoms with Gasteiger partial charge in [0.1, 0.15) is 0 Å². The number of aliphatic hydroxyl groups is 1. The summed E-state index contributed by atoms with van der Waals surface area (Å²) in [6.45, 7) is 3.01. The Balaban J connectivity index is 1.92. The van der Waals surface area contributed by atoms with E-state index in [0.29, 0.717) is 25.9 Å². The lowest BCUT2D eigenvalue weighted by atomic mass is 10.1. The first kappa shape index (κ1) is 15.8. The van der Waals surface area contributed by atoms with E-state index in [1.165, 1.54) is 23.9 Å². The smallest absolute Gasteiger partial charge is 0.269 e. The number of nitro groups is 1. The van der Waals surface area contributed by atoms with Gasteiger partial charge < -0.3 is 10.0 Å². The molecule has 7 heteroatoms. The van der Waals surface area contributed by atoms with Crippen molar-refractivity contribution >= 4 is 23.4 Å². The molecule has 1 aromatic carbocycles. The average Bonchev–Trinajstić information content (AvgIpc) is 2.47. The summed E-state index contributed by atoms with van der Waals surface area (Å²) in [5.41, 5.74) is 0.0448. The predicted octanol–water partition coefficient (Wildman–Crippen LogP) is 2.06. The predicted molar refractivity (Wildman–Crippen MR) is 80.2 cm³/mol. The maximum Gasteiger partial charge on any atom is 0.269 e. The zero-order valence-corrected chi connectivity index (χ0v) is 12.6. The molecule has 1 aliphatic rings. The molecular formula is C14H18N2O4S. The number of aliphatic hydroxyl groups excluding tert-OH is 1. The van der Waals surface area contributed by atoms with Gasteiger partial charge in [0, 0.05) is 30.1 Å². The van der Waals surface area contributed by atoms with E-state index in [9.17, 15) is 20.0 Å². The molecule has 6 nitrogen and oxygen atoms in total. The quantitative estimate of drug-likeness (QED) is 0.523. The molecule has 0 bridgehead atoms. The maximum atomic E-state index is 12.3. The van der Waals surface area contributed by atoms with Gasteiger partial charge in [0.05, 0.1) is 16.3 Å². The zero-order valence-electron chi connectivity index (χ0n) is 11.8. The van der Waals surface area contributed by atoms with Gasteiger partial charge in [0.15, 0.2) is 0 Å². The van der Waals surface area contributed by atoms with Crippen LogP contribution in [0.15, 0.2) is 29.2 Å². The second-order valence-electron chi connectivity index (χ2n) is 5.07. The molecule has 0 spiro atoms. The van der Waals surface area contributed by atoms with E-state index in [-0.39, 0.29) is 22.9 Å². The highest BCUT2D eigenvalue weighted by Crippen LogP contribution is 2.27. The number of non-ortho nitro benzene ring substituents is 1. The normalized spacial score (nSPS) is 17.5. The fourth-order valence-electron chi connectivity index (χ4n) is 2.24. The number of amides is 1. The third kappa shape index (κ3) is 4.18. The Kier molecular flexibility index (Phi) is 5.19. The summed E-state index contributed by atoms with van der Waals surface area (Å²) in [7, 11) is 0. The van der Waals surface area contributed by atoms with Gasteiger partial charge in [-0.3, -0.25) is 14.9 Å². The molecule has 0 saturated carbocycles. The first-order chi connectivity index (χ1) is 9.97. The van der Waals surface area contributed by atoms with Crippen LogP contribution in [0.1, 0.15) is 19.8 Å². The Morgan fingerprint density at radius 2 is 1.95 bits per heavy atom. The molecule has 1 aromatic rings. The average molecular weight is 310 g/mol. The molecule has 0 radical (unpaired) electrons. The molecule has 1 atom stereocenters. The summed E-state index contributed by atoms with van der Waals surface area (Å²) in [5, 5.41) is 19.8. The molecule has 1 amide bonds. The minimum absolute atomic E-state index is 0.0448. The van der Waals surface area contributed by atoms with Gasteiger partial charge in [-0.15, -0.1) is 11.8 Å². The van der Waals surface area contributed by atoms with Crippen molar-refractivity contribution in [3.05, 3.63) is 34.4 Å². The summed E-state index contributed by atoms with van der Waals surface area (Å²) < 4.78 is 0. The largest absolute Gasteiger partial charge is 0.393 e. The number of nitro benzene ring substituents is 1. The number of benzene rings is 1. The van der Waals surface area contributed by atoms with Gasteiger partial charge in [-0.05, 0) is 31.9 Å². The van der Waals surface area contributed by atoms with E-state index in [1.807, 2.05) is 6.92 Å². The van der Waals surface area contributed by atoms with E-state index in [2.05, 4.69) is 0 Å². The van der Waals surface area contributed by atoms with Crippen molar-refractivity contribution in [2.45, 2.75) is 36.0 Å². The van der Waals surface area contributed by atoms with Crippen LogP contribution in [0, 0.1) is 10.1 Å². The molecule has 1 saturated heterocycles. The van der Waals surface area contributed by atoms with E-state index in [0.717, 1.165) is 4.90 Å². The Hall–Kier alpha value is -1.60. The topological polar surface area (TPSA) is 83.7 Å². The second kappa shape index (κ2) is 6.91. The lowest BCUT2D eigenvalue weighted by molar-refractivity contribution is -0.384. The summed E-state index contributed by atoms with van der Waals surface area (Å²) in [6.07, 6.45) is 0.952. The third-order valence-electron chi connectivity index (χ3n) is 3.48. The zero-order chi connectivity index (χ0) is 15.4. The van der Waals surface area contributed by atoms with Crippen LogP contribution in [0.2, 0.25) is 0 Å². The lowest BCUT2D eigenvalue weighted by Crippen LogP contribution is -2.43. The Labute approximate surface area is 127 Å².